The number of methoxy groups -OCH3 is 1. The molecular weight excluding hydrogens is 512 g/mol. The minimum Gasteiger partial charge on any atom is -0.465 e. The summed E-state index contributed by atoms with van der Waals surface area (Å²) in [6.45, 7) is 0.0656. The van der Waals surface area contributed by atoms with Crippen LogP contribution in [0.1, 0.15) is 26.3 Å². The van der Waals surface area contributed by atoms with Crippen molar-refractivity contribution in [3.05, 3.63) is 125 Å². The van der Waals surface area contributed by atoms with Crippen LogP contribution in [0.15, 0.2) is 108 Å². The topological polar surface area (TPSA) is 92.8 Å². The number of nitrogens with zero attached hydrogens (tertiary/aromatic N) is 1. The number of carbonyl (C=O) groups excluding carboxylic acids is 2. The second-order valence-electron chi connectivity index (χ2n) is 8.00. The van der Waals surface area contributed by atoms with Crippen LogP contribution in [0, 0.1) is 0 Å². The molecule has 37 heavy (non-hydrogen) atoms. The number of sulfonamides is 1. The van der Waals surface area contributed by atoms with Crippen LogP contribution in [0.4, 0.5) is 11.4 Å². The van der Waals surface area contributed by atoms with E-state index in [0.29, 0.717) is 16.8 Å². The number of ether oxygens (including phenoxy) is 1. The van der Waals surface area contributed by atoms with Crippen LogP contribution in [0.3, 0.4) is 0 Å². The lowest BCUT2D eigenvalue weighted by Crippen LogP contribution is -2.30. The fraction of sp³-hybridized carbons (Fsp3) is 0.0714. The zero-order valence-electron chi connectivity index (χ0n) is 19.8. The van der Waals surface area contributed by atoms with Crippen LogP contribution in [0.2, 0.25) is 5.02 Å². The zero-order chi connectivity index (χ0) is 26.4. The minimum absolute atomic E-state index is 0.0656. The van der Waals surface area contributed by atoms with Crippen LogP contribution in [-0.4, -0.2) is 27.4 Å². The quantitative estimate of drug-likeness (QED) is 0.289. The maximum atomic E-state index is 13.5. The van der Waals surface area contributed by atoms with Crippen molar-refractivity contribution >= 4 is 44.9 Å². The van der Waals surface area contributed by atoms with Gasteiger partial charge in [-0.1, -0.05) is 60.1 Å². The number of para-hydroxylation sites is 1. The normalized spacial score (nSPS) is 11.0. The van der Waals surface area contributed by atoms with Crippen molar-refractivity contribution in [1.82, 2.24) is 0 Å². The lowest BCUT2D eigenvalue weighted by molar-refractivity contribution is 0.0600. The van der Waals surface area contributed by atoms with Gasteiger partial charge in [0.1, 0.15) is 0 Å². The van der Waals surface area contributed by atoms with Gasteiger partial charge in [0, 0.05) is 5.56 Å². The number of carbonyl (C=O) groups is 2. The highest BCUT2D eigenvalue weighted by Gasteiger charge is 2.25. The molecule has 7 nitrogen and oxygen atoms in total. The molecule has 0 radical (unpaired) electrons. The molecule has 0 unspecified atom stereocenters. The molecule has 0 aromatic heterocycles. The summed E-state index contributed by atoms with van der Waals surface area (Å²) >= 11 is 6.18. The minimum atomic E-state index is -3.84. The second-order valence-corrected chi connectivity index (χ2v) is 10.3. The number of rotatable bonds is 8. The summed E-state index contributed by atoms with van der Waals surface area (Å²) in [6.07, 6.45) is 0. The third-order valence-electron chi connectivity index (χ3n) is 5.55. The molecule has 0 fully saturated rings. The smallest absolute Gasteiger partial charge is 0.337 e. The molecule has 4 aromatic rings. The first-order valence-corrected chi connectivity index (χ1v) is 13.0. The Hall–Kier alpha value is -4.14. The van der Waals surface area contributed by atoms with E-state index < -0.39 is 21.9 Å². The van der Waals surface area contributed by atoms with Gasteiger partial charge in [0.25, 0.3) is 15.9 Å². The predicted molar refractivity (Wildman–Crippen MR) is 143 cm³/mol. The van der Waals surface area contributed by atoms with Gasteiger partial charge < -0.3 is 10.1 Å². The van der Waals surface area contributed by atoms with Gasteiger partial charge in [0.2, 0.25) is 0 Å². The molecule has 4 aromatic carbocycles. The second kappa shape index (κ2) is 11.3. The van der Waals surface area contributed by atoms with Gasteiger partial charge in [-0.3, -0.25) is 9.10 Å². The van der Waals surface area contributed by atoms with Crippen LogP contribution in [0.5, 0.6) is 0 Å². The van der Waals surface area contributed by atoms with Crippen molar-refractivity contribution in [2.24, 2.45) is 0 Å². The summed E-state index contributed by atoms with van der Waals surface area (Å²) in [5.74, 6) is -0.989. The molecule has 0 heterocycles. The number of hydrogen-bond acceptors (Lipinski definition) is 5. The van der Waals surface area contributed by atoms with Gasteiger partial charge >= 0.3 is 5.97 Å². The Labute approximate surface area is 220 Å². The maximum Gasteiger partial charge on any atom is 0.337 e. The average Bonchev–Trinajstić information content (AvgIpc) is 2.93. The summed E-state index contributed by atoms with van der Waals surface area (Å²) < 4.78 is 33.0. The fourth-order valence-corrected chi connectivity index (χ4v) is 5.26. The van der Waals surface area contributed by atoms with Crippen LogP contribution in [0.25, 0.3) is 0 Å². The number of esters is 1. The zero-order valence-corrected chi connectivity index (χ0v) is 21.4. The Balaban J connectivity index is 1.56. The van der Waals surface area contributed by atoms with E-state index in [0.717, 1.165) is 0 Å². The number of anilines is 2. The lowest BCUT2D eigenvalue weighted by atomic mass is 10.1. The first-order valence-electron chi connectivity index (χ1n) is 11.2. The van der Waals surface area contributed by atoms with Crippen molar-refractivity contribution in [3.8, 4) is 0 Å². The van der Waals surface area contributed by atoms with Crippen molar-refractivity contribution in [3.63, 3.8) is 0 Å². The SMILES string of the molecule is COC(=O)c1ccc(Cl)c(NC(=O)c2ccc(CN(c3ccccc3)S(=O)(=O)c3ccccc3)cc2)c1. The third-order valence-corrected chi connectivity index (χ3v) is 7.67. The Bertz CT molecular complexity index is 1510. The van der Waals surface area contributed by atoms with Crippen molar-refractivity contribution in [2.45, 2.75) is 11.4 Å². The Kier molecular flexibility index (Phi) is 7.91. The van der Waals surface area contributed by atoms with Crippen molar-refractivity contribution in [1.29, 1.82) is 0 Å². The number of nitrogens with one attached hydrogen (secondary N) is 1. The van der Waals surface area contributed by atoms with Gasteiger partial charge in [0.15, 0.2) is 0 Å². The number of halogens is 1. The fourth-order valence-electron chi connectivity index (χ4n) is 3.62. The molecule has 0 atom stereocenters. The van der Waals surface area contributed by atoms with E-state index in [1.54, 1.807) is 78.9 Å². The Morgan fingerprint density at radius 3 is 2.05 bits per heavy atom. The van der Waals surface area contributed by atoms with E-state index in [1.807, 2.05) is 6.07 Å². The highest BCUT2D eigenvalue weighted by atomic mass is 35.5. The Morgan fingerprint density at radius 2 is 1.43 bits per heavy atom. The van der Waals surface area contributed by atoms with Gasteiger partial charge in [0.05, 0.1) is 40.5 Å². The molecule has 0 saturated heterocycles. The van der Waals surface area contributed by atoms with Crippen LogP contribution < -0.4 is 9.62 Å². The molecular formula is C28H23ClN2O5S. The number of amides is 1. The highest BCUT2D eigenvalue weighted by Crippen LogP contribution is 2.27. The van der Waals surface area contributed by atoms with E-state index in [1.165, 1.54) is 29.6 Å². The molecule has 1 N–H and O–H groups in total. The van der Waals surface area contributed by atoms with E-state index in [2.05, 4.69) is 5.32 Å². The largest absolute Gasteiger partial charge is 0.465 e. The van der Waals surface area contributed by atoms with Gasteiger partial charge in [-0.25, -0.2) is 13.2 Å². The molecule has 188 valence electrons. The monoisotopic (exact) mass is 534 g/mol. The summed E-state index contributed by atoms with van der Waals surface area (Å²) in [5.41, 5.74) is 2.06. The van der Waals surface area contributed by atoms with Crippen LogP contribution >= 0.6 is 11.6 Å². The molecule has 0 aliphatic rings. The lowest BCUT2D eigenvalue weighted by Gasteiger charge is -2.25. The summed E-state index contributed by atoms with van der Waals surface area (Å²) in [5, 5.41) is 2.96. The highest BCUT2D eigenvalue weighted by molar-refractivity contribution is 7.92. The summed E-state index contributed by atoms with van der Waals surface area (Å²) in [7, 11) is -2.57. The average molecular weight is 535 g/mol. The Morgan fingerprint density at radius 1 is 0.838 bits per heavy atom. The first kappa shape index (κ1) is 25.9. The molecule has 0 spiro atoms. The predicted octanol–water partition coefficient (Wildman–Crippen LogP) is 5.77. The molecule has 4 rings (SSSR count). The third kappa shape index (κ3) is 5.99. The van der Waals surface area contributed by atoms with Gasteiger partial charge in [-0.05, 0) is 60.2 Å². The molecule has 1 amide bonds. The maximum absolute atomic E-state index is 13.5. The van der Waals surface area contributed by atoms with Gasteiger partial charge in [-0.15, -0.1) is 0 Å². The first-order chi connectivity index (χ1) is 17.8. The van der Waals surface area contributed by atoms with Crippen molar-refractivity contribution in [2.75, 3.05) is 16.7 Å². The molecule has 9 heteroatoms. The molecule has 0 saturated carbocycles. The summed E-state index contributed by atoms with van der Waals surface area (Å²) in [6, 6.07) is 28.1. The molecule has 0 bridgehead atoms. The van der Waals surface area contributed by atoms with E-state index >= 15 is 0 Å². The summed E-state index contributed by atoms with van der Waals surface area (Å²) in [4.78, 5) is 24.8. The van der Waals surface area contributed by atoms with Crippen molar-refractivity contribution < 1.29 is 22.7 Å². The number of hydrogen-bond donors (Lipinski definition) is 1. The standard InChI is InChI=1S/C28H23ClN2O5S/c1-36-28(33)22-16-17-25(29)26(18-22)30-27(32)21-14-12-20(13-15-21)19-31(23-8-4-2-5-9-23)37(34,35)24-10-6-3-7-11-24/h2-18H,19H2,1H3,(H,30,32). The number of benzene rings is 4. The van der Waals surface area contributed by atoms with E-state index in [-0.39, 0.29) is 27.7 Å². The van der Waals surface area contributed by atoms with Crippen LogP contribution in [-0.2, 0) is 21.3 Å². The van der Waals surface area contributed by atoms with E-state index in [4.69, 9.17) is 16.3 Å². The molecule has 0 aliphatic carbocycles. The van der Waals surface area contributed by atoms with Gasteiger partial charge in [-0.2, -0.15) is 0 Å². The molecule has 0 aliphatic heterocycles. The van der Waals surface area contributed by atoms with E-state index in [9.17, 15) is 18.0 Å².